The first kappa shape index (κ1) is 27.2. The highest BCUT2D eigenvalue weighted by atomic mass is 35.5. The van der Waals surface area contributed by atoms with Crippen LogP contribution in [-0.2, 0) is 6.54 Å². The Morgan fingerprint density at radius 2 is 1.82 bits per heavy atom. The first-order valence-electron chi connectivity index (χ1n) is 12.4. The van der Waals surface area contributed by atoms with Crippen molar-refractivity contribution in [2.24, 2.45) is 4.99 Å². The smallest absolute Gasteiger partial charge is 0.256 e. The van der Waals surface area contributed by atoms with Gasteiger partial charge < -0.3 is 25.0 Å². The van der Waals surface area contributed by atoms with Crippen molar-refractivity contribution in [3.05, 3.63) is 69.1 Å². The number of nitrogens with one attached hydrogen (secondary N) is 2. The highest BCUT2D eigenvalue weighted by molar-refractivity contribution is 6.41. The van der Waals surface area contributed by atoms with Crippen LogP contribution in [0.25, 0.3) is 11.3 Å². The SMILES string of the molecule is COc1cc(OC)c(Cl)c(-c2ccc3c(n2)CN=C3NC(=O)c2ccc(N3CCNC(C)(C)C3)c(F)c2)c1Cl. The second-order valence-corrected chi connectivity index (χ2v) is 10.7. The molecule has 0 aliphatic carbocycles. The summed E-state index contributed by atoms with van der Waals surface area (Å²) in [6.07, 6.45) is 0. The van der Waals surface area contributed by atoms with Crippen LogP contribution in [0.3, 0.4) is 0 Å². The first-order chi connectivity index (χ1) is 18.6. The summed E-state index contributed by atoms with van der Waals surface area (Å²) in [5, 5.41) is 6.82. The molecule has 2 aliphatic rings. The van der Waals surface area contributed by atoms with Gasteiger partial charge in [-0.3, -0.25) is 9.79 Å². The molecule has 0 atom stereocenters. The van der Waals surface area contributed by atoms with Crippen molar-refractivity contribution in [3.8, 4) is 22.8 Å². The molecule has 1 fully saturated rings. The number of pyridine rings is 1. The number of amides is 1. The summed E-state index contributed by atoms with van der Waals surface area (Å²) in [7, 11) is 3.00. The fraction of sp³-hybridized carbons (Fsp3) is 0.321. The molecule has 3 aromatic rings. The zero-order valence-electron chi connectivity index (χ0n) is 22.0. The molecular weight excluding hydrogens is 544 g/mol. The summed E-state index contributed by atoms with van der Waals surface area (Å²) >= 11 is 13.1. The number of carbonyl (C=O) groups excluding carboxylic acids is 1. The molecule has 2 aliphatic heterocycles. The average molecular weight is 572 g/mol. The highest BCUT2D eigenvalue weighted by Crippen LogP contribution is 2.45. The van der Waals surface area contributed by atoms with Crippen molar-refractivity contribution >= 4 is 40.6 Å². The zero-order valence-corrected chi connectivity index (χ0v) is 23.5. The predicted molar refractivity (Wildman–Crippen MR) is 151 cm³/mol. The summed E-state index contributed by atoms with van der Waals surface area (Å²) in [6.45, 7) is 6.51. The maximum absolute atomic E-state index is 15.1. The number of anilines is 1. The van der Waals surface area contributed by atoms with Gasteiger partial charge in [-0.05, 0) is 44.2 Å². The van der Waals surface area contributed by atoms with E-state index in [1.165, 1.54) is 20.3 Å². The molecule has 11 heteroatoms. The Kier molecular flexibility index (Phi) is 7.41. The molecule has 8 nitrogen and oxygen atoms in total. The molecule has 0 spiro atoms. The molecule has 1 aromatic heterocycles. The first-order valence-corrected chi connectivity index (χ1v) is 13.1. The van der Waals surface area contributed by atoms with E-state index >= 15 is 4.39 Å². The Bertz CT molecular complexity index is 1470. The second kappa shape index (κ2) is 10.6. The van der Waals surface area contributed by atoms with E-state index in [9.17, 15) is 4.79 Å². The van der Waals surface area contributed by atoms with Gasteiger partial charge >= 0.3 is 0 Å². The van der Waals surface area contributed by atoms with E-state index in [0.29, 0.717) is 68.7 Å². The van der Waals surface area contributed by atoms with E-state index in [1.807, 2.05) is 4.90 Å². The number of aliphatic imine (C=N–C) groups is 1. The minimum absolute atomic E-state index is 0.127. The molecule has 2 aromatic carbocycles. The van der Waals surface area contributed by atoms with Crippen molar-refractivity contribution in [2.75, 3.05) is 38.8 Å². The molecule has 5 rings (SSSR count). The topological polar surface area (TPSA) is 88.1 Å². The van der Waals surface area contributed by atoms with Crippen LogP contribution in [0.4, 0.5) is 10.1 Å². The van der Waals surface area contributed by atoms with Crippen LogP contribution in [0.5, 0.6) is 11.5 Å². The van der Waals surface area contributed by atoms with Gasteiger partial charge in [0, 0.05) is 47.9 Å². The summed E-state index contributed by atoms with van der Waals surface area (Å²) < 4.78 is 25.8. The lowest BCUT2D eigenvalue weighted by Crippen LogP contribution is -2.57. The van der Waals surface area contributed by atoms with Crippen LogP contribution >= 0.6 is 23.2 Å². The van der Waals surface area contributed by atoms with Crippen molar-refractivity contribution in [2.45, 2.75) is 25.9 Å². The number of halogens is 3. The van der Waals surface area contributed by atoms with Gasteiger partial charge in [0.1, 0.15) is 23.2 Å². The zero-order chi connectivity index (χ0) is 27.9. The molecule has 1 amide bonds. The molecule has 0 saturated carbocycles. The molecule has 204 valence electrons. The van der Waals surface area contributed by atoms with Gasteiger partial charge in [-0.2, -0.15) is 0 Å². The van der Waals surface area contributed by atoms with Crippen molar-refractivity contribution in [1.82, 2.24) is 15.6 Å². The fourth-order valence-corrected chi connectivity index (χ4v) is 5.56. The summed E-state index contributed by atoms with van der Waals surface area (Å²) in [6, 6.07) is 9.68. The van der Waals surface area contributed by atoms with Crippen LogP contribution in [0.2, 0.25) is 10.0 Å². The third-order valence-electron chi connectivity index (χ3n) is 6.80. The van der Waals surface area contributed by atoms with Gasteiger partial charge in [0.25, 0.3) is 5.91 Å². The van der Waals surface area contributed by atoms with Gasteiger partial charge in [0.2, 0.25) is 0 Å². The van der Waals surface area contributed by atoms with Crippen LogP contribution < -0.4 is 25.0 Å². The highest BCUT2D eigenvalue weighted by Gasteiger charge is 2.28. The number of nitrogens with zero attached hydrogens (tertiary/aromatic N) is 3. The van der Waals surface area contributed by atoms with Crippen LogP contribution in [0.1, 0.15) is 35.5 Å². The lowest BCUT2D eigenvalue weighted by atomic mass is 10.0. The van der Waals surface area contributed by atoms with Gasteiger partial charge in [-0.1, -0.05) is 23.2 Å². The number of hydrogen-bond donors (Lipinski definition) is 2. The Morgan fingerprint density at radius 3 is 2.46 bits per heavy atom. The van der Waals surface area contributed by atoms with E-state index in [0.717, 1.165) is 6.54 Å². The van der Waals surface area contributed by atoms with Gasteiger partial charge in [0.15, 0.2) is 0 Å². The number of carbonyl (C=O) groups is 1. The number of methoxy groups -OCH3 is 2. The predicted octanol–water partition coefficient (Wildman–Crippen LogP) is 5.09. The standard InChI is InChI=1S/C28H28Cl2FN5O3/c1-28(2)14-36(10-9-33-28)20-8-5-15(11-17(20)31)27(37)35-26-16-6-7-18(34-19(16)13-32-26)23-24(29)21(38-3)12-22(39-4)25(23)30/h5-8,11-12,33H,9-10,13-14H2,1-4H3,(H,32,35,37). The number of hydrogen-bond acceptors (Lipinski definition) is 7. The van der Waals surface area contributed by atoms with Crippen molar-refractivity contribution in [1.29, 1.82) is 0 Å². The number of fused-ring (bicyclic) bond motifs is 1. The van der Waals surface area contributed by atoms with Crippen LogP contribution in [-0.4, -0.2) is 56.1 Å². The molecule has 0 bridgehead atoms. The van der Waals surface area contributed by atoms with Gasteiger partial charge in [-0.15, -0.1) is 0 Å². The average Bonchev–Trinajstić information content (AvgIpc) is 3.30. The fourth-order valence-electron chi connectivity index (χ4n) is 4.86. The number of benzene rings is 2. The Morgan fingerprint density at radius 1 is 1.10 bits per heavy atom. The molecule has 39 heavy (non-hydrogen) atoms. The molecule has 2 N–H and O–H groups in total. The minimum atomic E-state index is -0.458. The van der Waals surface area contributed by atoms with E-state index in [2.05, 4.69) is 29.5 Å². The van der Waals surface area contributed by atoms with E-state index in [1.54, 1.807) is 30.3 Å². The number of ether oxygens (including phenoxy) is 2. The summed E-state index contributed by atoms with van der Waals surface area (Å²) in [5.74, 6) is 0.266. The van der Waals surface area contributed by atoms with E-state index in [-0.39, 0.29) is 17.6 Å². The molecule has 0 radical (unpaired) electrons. The Labute approximate surface area is 236 Å². The van der Waals surface area contributed by atoms with Crippen LogP contribution in [0.15, 0.2) is 41.4 Å². The van der Waals surface area contributed by atoms with E-state index < -0.39 is 11.7 Å². The number of amidine groups is 1. The molecular formula is C28H28Cl2FN5O3. The number of rotatable bonds is 5. The molecule has 1 saturated heterocycles. The van der Waals surface area contributed by atoms with Crippen molar-refractivity contribution < 1.29 is 18.7 Å². The number of aromatic nitrogens is 1. The summed E-state index contributed by atoms with van der Waals surface area (Å²) in [5.41, 5.74) is 2.84. The monoisotopic (exact) mass is 571 g/mol. The normalized spacial score (nSPS) is 16.0. The third-order valence-corrected chi connectivity index (χ3v) is 7.55. The minimum Gasteiger partial charge on any atom is -0.495 e. The van der Waals surface area contributed by atoms with Gasteiger partial charge in [-0.25, -0.2) is 9.37 Å². The quantitative estimate of drug-likeness (QED) is 0.443. The third kappa shape index (κ3) is 5.26. The second-order valence-electron chi connectivity index (χ2n) is 9.99. The van der Waals surface area contributed by atoms with Crippen molar-refractivity contribution in [3.63, 3.8) is 0 Å². The van der Waals surface area contributed by atoms with Crippen LogP contribution in [0, 0.1) is 5.82 Å². The lowest BCUT2D eigenvalue weighted by Gasteiger charge is -2.40. The maximum atomic E-state index is 15.1. The summed E-state index contributed by atoms with van der Waals surface area (Å²) in [4.78, 5) is 24.1. The maximum Gasteiger partial charge on any atom is 0.256 e. The van der Waals surface area contributed by atoms with E-state index in [4.69, 9.17) is 37.7 Å². The molecule has 0 unspecified atom stereocenters. The molecule has 3 heterocycles. The Hall–Kier alpha value is -3.40. The van der Waals surface area contributed by atoms with Gasteiger partial charge in [0.05, 0.1) is 47.9 Å². The largest absolute Gasteiger partial charge is 0.495 e. The number of piperazine rings is 1. The Balaban J connectivity index is 1.35. The lowest BCUT2D eigenvalue weighted by molar-refractivity contribution is 0.0976.